The quantitative estimate of drug-likeness (QED) is 0.759. The van der Waals surface area contributed by atoms with E-state index in [4.69, 9.17) is 14.0 Å². The second-order valence-corrected chi connectivity index (χ2v) is 4.91. The third kappa shape index (κ3) is 5.31. The van der Waals surface area contributed by atoms with Crippen molar-refractivity contribution in [2.75, 3.05) is 25.6 Å². The molecule has 0 atom stereocenters. The van der Waals surface area contributed by atoms with Gasteiger partial charge in [0.2, 0.25) is 5.91 Å². The number of nitrogens with zero attached hydrogens (tertiary/aromatic N) is 1. The normalized spacial score (nSPS) is 10.1. The molecule has 0 radical (unpaired) electrons. The molecular formula is C16H19N3O5. The molecule has 8 nitrogen and oxygen atoms in total. The van der Waals surface area contributed by atoms with Gasteiger partial charge in [0, 0.05) is 19.0 Å². The molecule has 1 aromatic carbocycles. The smallest absolute Gasteiger partial charge is 0.257 e. The zero-order valence-corrected chi connectivity index (χ0v) is 13.5. The number of anilines is 1. The largest absolute Gasteiger partial charge is 0.493 e. The molecule has 128 valence electrons. The van der Waals surface area contributed by atoms with Gasteiger partial charge in [0.1, 0.15) is 5.76 Å². The zero-order valence-electron chi connectivity index (χ0n) is 13.5. The Morgan fingerprint density at radius 1 is 1.21 bits per heavy atom. The fourth-order valence-corrected chi connectivity index (χ4v) is 1.88. The van der Waals surface area contributed by atoms with E-state index >= 15 is 0 Å². The predicted octanol–water partition coefficient (Wildman–Crippen LogP) is 1.52. The topological polar surface area (TPSA) is 103 Å². The molecule has 1 heterocycles. The predicted molar refractivity (Wildman–Crippen MR) is 86.0 cm³/mol. The van der Waals surface area contributed by atoms with Crippen LogP contribution in [0.3, 0.4) is 0 Å². The Balaban J connectivity index is 1.67. The summed E-state index contributed by atoms with van der Waals surface area (Å²) in [6, 6.07) is 8.65. The van der Waals surface area contributed by atoms with Crippen LogP contribution in [-0.2, 0) is 9.59 Å². The zero-order chi connectivity index (χ0) is 17.4. The Bertz CT molecular complexity index is 699. The Morgan fingerprint density at radius 2 is 1.96 bits per heavy atom. The van der Waals surface area contributed by atoms with Crippen molar-refractivity contribution in [3.05, 3.63) is 36.1 Å². The van der Waals surface area contributed by atoms with E-state index < -0.39 is 0 Å². The van der Waals surface area contributed by atoms with Crippen molar-refractivity contribution in [3.63, 3.8) is 0 Å². The minimum Gasteiger partial charge on any atom is -0.493 e. The lowest BCUT2D eigenvalue weighted by Gasteiger charge is -2.10. The summed E-state index contributed by atoms with van der Waals surface area (Å²) in [6.07, 6.45) is 0.117. The number of ether oxygens (including phenoxy) is 2. The van der Waals surface area contributed by atoms with Gasteiger partial charge in [-0.05, 0) is 19.1 Å². The van der Waals surface area contributed by atoms with Gasteiger partial charge in [-0.3, -0.25) is 9.59 Å². The highest BCUT2D eigenvalue weighted by atomic mass is 16.5. The fourth-order valence-electron chi connectivity index (χ4n) is 1.88. The van der Waals surface area contributed by atoms with E-state index in [9.17, 15) is 9.59 Å². The van der Waals surface area contributed by atoms with Crippen molar-refractivity contribution in [1.29, 1.82) is 0 Å². The molecule has 1 aromatic heterocycles. The Labute approximate surface area is 139 Å². The number of aryl methyl sites for hydroxylation is 1. The maximum Gasteiger partial charge on any atom is 0.257 e. The summed E-state index contributed by atoms with van der Waals surface area (Å²) in [7, 11) is 1.53. The van der Waals surface area contributed by atoms with Crippen molar-refractivity contribution < 1.29 is 23.6 Å². The maximum absolute atomic E-state index is 11.7. The van der Waals surface area contributed by atoms with Crippen LogP contribution in [0.5, 0.6) is 11.5 Å². The van der Waals surface area contributed by atoms with Gasteiger partial charge in [0.15, 0.2) is 23.9 Å². The standard InChI is InChI=1S/C16H19N3O5/c1-11-9-14(19-24-11)18-15(20)7-8-17-16(21)10-23-13-6-4-3-5-12(13)22-2/h3-6,9H,7-8,10H2,1-2H3,(H,17,21)(H,18,19,20). The van der Waals surface area contributed by atoms with Crippen molar-refractivity contribution in [1.82, 2.24) is 10.5 Å². The summed E-state index contributed by atoms with van der Waals surface area (Å²) in [5, 5.41) is 8.82. The maximum atomic E-state index is 11.7. The number of carbonyl (C=O) groups is 2. The molecule has 0 saturated carbocycles. The highest BCUT2D eigenvalue weighted by Gasteiger charge is 2.09. The van der Waals surface area contributed by atoms with Crippen LogP contribution in [0.15, 0.2) is 34.9 Å². The average Bonchev–Trinajstić information content (AvgIpc) is 2.98. The van der Waals surface area contributed by atoms with E-state index in [1.165, 1.54) is 7.11 Å². The summed E-state index contributed by atoms with van der Waals surface area (Å²) in [5.74, 6) is 1.39. The van der Waals surface area contributed by atoms with E-state index in [0.29, 0.717) is 23.1 Å². The first kappa shape index (κ1) is 17.3. The summed E-state index contributed by atoms with van der Waals surface area (Å²) < 4.78 is 15.4. The van der Waals surface area contributed by atoms with Gasteiger partial charge in [-0.2, -0.15) is 0 Å². The van der Waals surface area contributed by atoms with Crippen LogP contribution < -0.4 is 20.1 Å². The molecular weight excluding hydrogens is 314 g/mol. The molecule has 24 heavy (non-hydrogen) atoms. The van der Waals surface area contributed by atoms with Crippen LogP contribution >= 0.6 is 0 Å². The molecule has 2 rings (SSSR count). The lowest BCUT2D eigenvalue weighted by Crippen LogP contribution is -2.31. The number of amides is 2. The molecule has 2 aromatic rings. The average molecular weight is 333 g/mol. The van der Waals surface area contributed by atoms with E-state index in [0.717, 1.165) is 0 Å². The van der Waals surface area contributed by atoms with Crippen molar-refractivity contribution in [2.45, 2.75) is 13.3 Å². The van der Waals surface area contributed by atoms with E-state index in [-0.39, 0.29) is 31.4 Å². The highest BCUT2D eigenvalue weighted by Crippen LogP contribution is 2.25. The van der Waals surface area contributed by atoms with E-state index in [1.807, 2.05) is 0 Å². The minimum absolute atomic E-state index is 0.117. The summed E-state index contributed by atoms with van der Waals surface area (Å²) >= 11 is 0. The van der Waals surface area contributed by atoms with Crippen LogP contribution in [-0.4, -0.2) is 37.2 Å². The number of rotatable bonds is 8. The number of hydrogen-bond donors (Lipinski definition) is 2. The van der Waals surface area contributed by atoms with Gasteiger partial charge in [-0.1, -0.05) is 17.3 Å². The van der Waals surface area contributed by atoms with Gasteiger partial charge in [0.25, 0.3) is 5.91 Å². The summed E-state index contributed by atoms with van der Waals surface area (Å²) in [4.78, 5) is 23.4. The van der Waals surface area contributed by atoms with Gasteiger partial charge in [-0.15, -0.1) is 0 Å². The number of hydrogen-bond acceptors (Lipinski definition) is 6. The third-order valence-corrected chi connectivity index (χ3v) is 3.00. The Morgan fingerprint density at radius 3 is 2.62 bits per heavy atom. The third-order valence-electron chi connectivity index (χ3n) is 3.00. The molecule has 0 saturated heterocycles. The van der Waals surface area contributed by atoms with Crippen LogP contribution in [0.1, 0.15) is 12.2 Å². The Kier molecular flexibility index (Phi) is 6.18. The lowest BCUT2D eigenvalue weighted by atomic mass is 10.3. The van der Waals surface area contributed by atoms with Gasteiger partial charge >= 0.3 is 0 Å². The van der Waals surface area contributed by atoms with Crippen LogP contribution in [0, 0.1) is 6.92 Å². The molecule has 0 aliphatic rings. The second kappa shape index (κ2) is 8.56. The summed E-state index contributed by atoms with van der Waals surface area (Å²) in [5.41, 5.74) is 0. The van der Waals surface area contributed by atoms with E-state index in [1.54, 1.807) is 37.3 Å². The monoisotopic (exact) mass is 333 g/mol. The SMILES string of the molecule is COc1ccccc1OCC(=O)NCCC(=O)Nc1cc(C)on1. The fraction of sp³-hybridized carbons (Fsp3) is 0.312. The lowest BCUT2D eigenvalue weighted by molar-refractivity contribution is -0.123. The first-order valence-corrected chi connectivity index (χ1v) is 7.34. The minimum atomic E-state index is -0.328. The molecule has 0 aliphatic carbocycles. The first-order chi connectivity index (χ1) is 11.6. The van der Waals surface area contributed by atoms with Crippen molar-refractivity contribution in [3.8, 4) is 11.5 Å². The first-order valence-electron chi connectivity index (χ1n) is 7.34. The van der Waals surface area contributed by atoms with Crippen LogP contribution in [0.2, 0.25) is 0 Å². The molecule has 8 heteroatoms. The molecule has 0 spiro atoms. The van der Waals surface area contributed by atoms with Crippen molar-refractivity contribution >= 4 is 17.6 Å². The molecule has 0 unspecified atom stereocenters. The van der Waals surface area contributed by atoms with E-state index in [2.05, 4.69) is 15.8 Å². The van der Waals surface area contributed by atoms with Crippen LogP contribution in [0.4, 0.5) is 5.82 Å². The number of carbonyl (C=O) groups excluding carboxylic acids is 2. The molecule has 0 fully saturated rings. The van der Waals surface area contributed by atoms with Gasteiger partial charge < -0.3 is 24.6 Å². The molecule has 0 aliphatic heterocycles. The number of nitrogens with one attached hydrogen (secondary N) is 2. The van der Waals surface area contributed by atoms with Crippen LogP contribution in [0.25, 0.3) is 0 Å². The van der Waals surface area contributed by atoms with Crippen molar-refractivity contribution in [2.24, 2.45) is 0 Å². The van der Waals surface area contributed by atoms with Gasteiger partial charge in [-0.25, -0.2) is 0 Å². The molecule has 2 amide bonds. The number of para-hydroxylation sites is 2. The molecule has 2 N–H and O–H groups in total. The Hall–Kier alpha value is -3.03. The number of benzene rings is 1. The molecule has 0 bridgehead atoms. The number of methoxy groups -OCH3 is 1. The highest BCUT2D eigenvalue weighted by molar-refractivity contribution is 5.90. The second-order valence-electron chi connectivity index (χ2n) is 4.91. The number of aromatic nitrogens is 1. The van der Waals surface area contributed by atoms with Gasteiger partial charge in [0.05, 0.1) is 7.11 Å². The summed E-state index contributed by atoms with van der Waals surface area (Å²) in [6.45, 7) is 1.76.